The van der Waals surface area contributed by atoms with Gasteiger partial charge in [-0.2, -0.15) is 0 Å². The fourth-order valence-corrected chi connectivity index (χ4v) is 4.92. The number of imidazole rings is 1. The second kappa shape index (κ2) is 7.25. The first-order chi connectivity index (χ1) is 11.9. The Balaban J connectivity index is 1.65. The fraction of sp³-hybridized carbons (Fsp3) is 0.500. The third-order valence-electron chi connectivity index (χ3n) is 4.73. The molecular weight excluding hydrogens is 341 g/mol. The van der Waals surface area contributed by atoms with Gasteiger partial charge in [0.25, 0.3) is 0 Å². The minimum Gasteiger partial charge on any atom is -0.332 e. The lowest BCUT2D eigenvalue weighted by Crippen LogP contribution is -2.39. The van der Waals surface area contributed by atoms with Gasteiger partial charge in [0.05, 0.1) is 5.75 Å². The van der Waals surface area contributed by atoms with Crippen LogP contribution in [0, 0.1) is 5.82 Å². The van der Waals surface area contributed by atoms with Gasteiger partial charge in [-0.25, -0.2) is 22.1 Å². The number of hydrogen-bond donors (Lipinski definition) is 0. The zero-order valence-electron chi connectivity index (χ0n) is 14.6. The Morgan fingerprint density at radius 2 is 1.84 bits per heavy atom. The van der Waals surface area contributed by atoms with Crippen molar-refractivity contribution in [3.8, 4) is 0 Å². The molecule has 0 spiro atoms. The summed E-state index contributed by atoms with van der Waals surface area (Å²) in [6.45, 7) is 5.24. The van der Waals surface area contributed by atoms with Gasteiger partial charge in [-0.05, 0) is 44.4 Å². The third-order valence-corrected chi connectivity index (χ3v) is 6.58. The molecule has 0 amide bonds. The van der Waals surface area contributed by atoms with Crippen LogP contribution in [0.3, 0.4) is 0 Å². The van der Waals surface area contributed by atoms with E-state index in [0.717, 1.165) is 18.7 Å². The quantitative estimate of drug-likeness (QED) is 0.817. The highest BCUT2D eigenvalue weighted by Gasteiger charge is 2.30. The second-order valence-electron chi connectivity index (χ2n) is 6.84. The smallest absolute Gasteiger partial charge is 0.218 e. The van der Waals surface area contributed by atoms with Crippen molar-refractivity contribution in [1.29, 1.82) is 0 Å². The van der Waals surface area contributed by atoms with Crippen molar-refractivity contribution >= 4 is 10.0 Å². The van der Waals surface area contributed by atoms with E-state index in [9.17, 15) is 12.8 Å². The fourth-order valence-electron chi connectivity index (χ4n) is 3.35. The summed E-state index contributed by atoms with van der Waals surface area (Å²) in [5, 5.41) is 0. The number of sulfonamides is 1. The van der Waals surface area contributed by atoms with Crippen LogP contribution >= 0.6 is 0 Å². The van der Waals surface area contributed by atoms with Crippen LogP contribution in [0.4, 0.5) is 4.39 Å². The summed E-state index contributed by atoms with van der Waals surface area (Å²) in [6, 6.07) is 5.99. The van der Waals surface area contributed by atoms with Crippen molar-refractivity contribution in [2.75, 3.05) is 13.1 Å². The second-order valence-corrected chi connectivity index (χ2v) is 8.81. The van der Waals surface area contributed by atoms with E-state index in [1.165, 1.54) is 24.3 Å². The normalized spacial score (nSPS) is 17.3. The predicted octanol–water partition coefficient (Wildman–Crippen LogP) is 3.31. The highest BCUT2D eigenvalue weighted by molar-refractivity contribution is 7.88. The number of rotatable bonds is 5. The monoisotopic (exact) mass is 365 g/mol. The molecule has 136 valence electrons. The number of nitrogens with zero attached hydrogens (tertiary/aromatic N) is 3. The Hall–Kier alpha value is -1.73. The highest BCUT2D eigenvalue weighted by Crippen LogP contribution is 2.30. The van der Waals surface area contributed by atoms with Crippen LogP contribution in [-0.4, -0.2) is 35.4 Å². The maximum Gasteiger partial charge on any atom is 0.218 e. The van der Waals surface area contributed by atoms with Gasteiger partial charge in [0.15, 0.2) is 0 Å². The van der Waals surface area contributed by atoms with Gasteiger partial charge in [-0.3, -0.25) is 0 Å². The molecule has 0 saturated carbocycles. The third kappa shape index (κ3) is 4.10. The lowest BCUT2D eigenvalue weighted by Gasteiger charge is -2.31. The molecule has 2 aromatic rings. The number of piperidine rings is 1. The molecule has 5 nitrogen and oxygen atoms in total. The van der Waals surface area contributed by atoms with Crippen molar-refractivity contribution in [2.24, 2.45) is 0 Å². The van der Waals surface area contributed by atoms with Gasteiger partial charge in [-0.15, -0.1) is 0 Å². The van der Waals surface area contributed by atoms with Crippen LogP contribution < -0.4 is 0 Å². The summed E-state index contributed by atoms with van der Waals surface area (Å²) in [7, 11) is -3.38. The lowest BCUT2D eigenvalue weighted by atomic mass is 9.97. The van der Waals surface area contributed by atoms with Gasteiger partial charge in [0.2, 0.25) is 10.0 Å². The maximum absolute atomic E-state index is 13.0. The van der Waals surface area contributed by atoms with Gasteiger partial charge in [0, 0.05) is 37.4 Å². The number of hydrogen-bond acceptors (Lipinski definition) is 3. The first-order valence-electron chi connectivity index (χ1n) is 8.62. The predicted molar refractivity (Wildman–Crippen MR) is 95.2 cm³/mol. The topological polar surface area (TPSA) is 55.2 Å². The van der Waals surface area contributed by atoms with Gasteiger partial charge in [0.1, 0.15) is 11.6 Å². The van der Waals surface area contributed by atoms with Crippen molar-refractivity contribution in [1.82, 2.24) is 13.9 Å². The molecule has 1 aromatic carbocycles. The molecule has 1 saturated heterocycles. The van der Waals surface area contributed by atoms with Crippen LogP contribution in [0.25, 0.3) is 0 Å². The van der Waals surface area contributed by atoms with E-state index in [0.29, 0.717) is 24.7 Å². The minimum absolute atomic E-state index is 0.0848. The van der Waals surface area contributed by atoms with Crippen LogP contribution in [0.5, 0.6) is 0 Å². The van der Waals surface area contributed by atoms with Crippen molar-refractivity contribution in [2.45, 2.75) is 44.4 Å². The molecule has 1 aromatic heterocycles. The van der Waals surface area contributed by atoms with Crippen LogP contribution in [0.1, 0.15) is 50.0 Å². The molecule has 0 N–H and O–H groups in total. The van der Waals surface area contributed by atoms with E-state index in [1.807, 2.05) is 12.4 Å². The zero-order chi connectivity index (χ0) is 18.0. The van der Waals surface area contributed by atoms with E-state index < -0.39 is 10.0 Å². The Morgan fingerprint density at radius 1 is 1.20 bits per heavy atom. The summed E-state index contributed by atoms with van der Waals surface area (Å²) < 4.78 is 41.9. The summed E-state index contributed by atoms with van der Waals surface area (Å²) >= 11 is 0. The SMILES string of the molecule is CC(C)n1ccnc1C1CCN(S(=O)(=O)Cc2ccc(F)cc2)CC1. The average molecular weight is 365 g/mol. The molecule has 0 unspecified atom stereocenters. The first kappa shape index (κ1) is 18.1. The van der Waals surface area contributed by atoms with E-state index in [1.54, 1.807) is 4.31 Å². The molecule has 1 fully saturated rings. The lowest BCUT2D eigenvalue weighted by molar-refractivity contribution is 0.307. The molecule has 0 radical (unpaired) electrons. The number of benzene rings is 1. The van der Waals surface area contributed by atoms with E-state index in [-0.39, 0.29) is 17.5 Å². The van der Waals surface area contributed by atoms with Crippen LogP contribution in [-0.2, 0) is 15.8 Å². The maximum atomic E-state index is 13.0. The molecule has 1 aliphatic heterocycles. The molecule has 3 rings (SSSR count). The number of aromatic nitrogens is 2. The van der Waals surface area contributed by atoms with Gasteiger partial charge < -0.3 is 4.57 Å². The summed E-state index contributed by atoms with van der Waals surface area (Å²) in [5.74, 6) is 0.890. The standard InChI is InChI=1S/C18H24FN3O2S/c1-14(2)22-12-9-20-18(22)16-7-10-21(11-8-16)25(23,24)13-15-3-5-17(19)6-4-15/h3-6,9,12,14,16H,7-8,10-11,13H2,1-2H3. The van der Waals surface area contributed by atoms with Gasteiger partial charge >= 0.3 is 0 Å². The Labute approximate surface area is 148 Å². The molecule has 0 atom stereocenters. The average Bonchev–Trinajstić information content (AvgIpc) is 3.07. The molecule has 1 aliphatic rings. The van der Waals surface area contributed by atoms with Crippen molar-refractivity contribution in [3.63, 3.8) is 0 Å². The highest BCUT2D eigenvalue weighted by atomic mass is 32.2. The van der Waals surface area contributed by atoms with Crippen LogP contribution in [0.2, 0.25) is 0 Å². The van der Waals surface area contributed by atoms with E-state index in [2.05, 4.69) is 23.4 Å². The summed E-state index contributed by atoms with van der Waals surface area (Å²) in [6.07, 6.45) is 5.34. The first-order valence-corrected chi connectivity index (χ1v) is 10.2. The Kier molecular flexibility index (Phi) is 5.24. The summed E-state index contributed by atoms with van der Waals surface area (Å²) in [5.41, 5.74) is 0.610. The summed E-state index contributed by atoms with van der Waals surface area (Å²) in [4.78, 5) is 4.48. The molecule has 25 heavy (non-hydrogen) atoms. The number of halogens is 1. The van der Waals surface area contributed by atoms with Crippen molar-refractivity contribution in [3.05, 3.63) is 53.9 Å². The Morgan fingerprint density at radius 3 is 2.44 bits per heavy atom. The van der Waals surface area contributed by atoms with Crippen molar-refractivity contribution < 1.29 is 12.8 Å². The molecule has 7 heteroatoms. The molecular formula is C18H24FN3O2S. The largest absolute Gasteiger partial charge is 0.332 e. The molecule has 0 aliphatic carbocycles. The van der Waals surface area contributed by atoms with E-state index in [4.69, 9.17) is 0 Å². The van der Waals surface area contributed by atoms with E-state index >= 15 is 0 Å². The zero-order valence-corrected chi connectivity index (χ0v) is 15.4. The molecule has 0 bridgehead atoms. The minimum atomic E-state index is -3.38. The van der Waals surface area contributed by atoms with Crippen LogP contribution in [0.15, 0.2) is 36.7 Å². The Bertz CT molecular complexity index is 807. The van der Waals surface area contributed by atoms with Gasteiger partial charge in [-0.1, -0.05) is 12.1 Å². The molecule has 2 heterocycles.